The van der Waals surface area contributed by atoms with E-state index in [-0.39, 0.29) is 48.3 Å². The number of ether oxygens (including phenoxy) is 4. The minimum atomic E-state index is -3.88. The molecule has 298 valence electrons. The molecule has 3 aromatic rings. The smallest absolute Gasteiger partial charge is 0.306 e. The fourth-order valence-corrected chi connectivity index (χ4v) is 7.59. The van der Waals surface area contributed by atoms with Gasteiger partial charge in [0.15, 0.2) is 0 Å². The predicted molar refractivity (Wildman–Crippen MR) is 211 cm³/mol. The SMILES string of the molecule is CC(C)(C)OC(=O)C[C@@H](Cc1ccccc1)C1CO1.COc1ccc(S(=O)(=O)N(CC(C)C)C[C@@H](O)[C@@H](CC(=O)OC(C)(C)C)Cc2ccccc2)cc1. The zero-order valence-electron chi connectivity index (χ0n) is 33.5. The van der Waals surface area contributed by atoms with Crippen LogP contribution in [0.4, 0.5) is 0 Å². The van der Waals surface area contributed by atoms with Crippen molar-refractivity contribution in [1.82, 2.24) is 4.31 Å². The maximum absolute atomic E-state index is 13.5. The highest BCUT2D eigenvalue weighted by Crippen LogP contribution is 2.28. The summed E-state index contributed by atoms with van der Waals surface area (Å²) in [5.74, 6) is -0.270. The summed E-state index contributed by atoms with van der Waals surface area (Å²) in [6.45, 7) is 15.8. The second kappa shape index (κ2) is 20.2. The van der Waals surface area contributed by atoms with Gasteiger partial charge in [-0.25, -0.2) is 8.42 Å². The lowest BCUT2D eigenvalue weighted by Crippen LogP contribution is -2.43. The van der Waals surface area contributed by atoms with Gasteiger partial charge in [0, 0.05) is 24.9 Å². The van der Waals surface area contributed by atoms with Crippen LogP contribution in [0.3, 0.4) is 0 Å². The Hall–Kier alpha value is -3.77. The summed E-state index contributed by atoms with van der Waals surface area (Å²) in [5, 5.41) is 11.3. The number of hydrogen-bond donors (Lipinski definition) is 1. The van der Waals surface area contributed by atoms with Gasteiger partial charge < -0.3 is 24.1 Å². The molecule has 4 rings (SSSR count). The topological polar surface area (TPSA) is 132 Å². The summed E-state index contributed by atoms with van der Waals surface area (Å²) in [7, 11) is -2.36. The second-order valence-corrected chi connectivity index (χ2v) is 18.2. The molecule has 11 heteroatoms. The van der Waals surface area contributed by atoms with Crippen LogP contribution in [0.5, 0.6) is 5.75 Å². The fraction of sp³-hybridized carbons (Fsp3) is 0.535. The van der Waals surface area contributed by atoms with Crippen molar-refractivity contribution in [2.75, 3.05) is 26.8 Å². The number of esters is 2. The van der Waals surface area contributed by atoms with Gasteiger partial charge in [0.1, 0.15) is 17.0 Å². The zero-order valence-corrected chi connectivity index (χ0v) is 34.3. The van der Waals surface area contributed by atoms with Crippen LogP contribution in [0.15, 0.2) is 89.8 Å². The highest BCUT2D eigenvalue weighted by Gasteiger charge is 2.35. The minimum absolute atomic E-state index is 0.0224. The molecule has 1 heterocycles. The Morgan fingerprint density at radius 2 is 1.26 bits per heavy atom. The molecule has 0 radical (unpaired) electrons. The number of nitrogens with zero attached hydrogens (tertiary/aromatic N) is 1. The van der Waals surface area contributed by atoms with Crippen LogP contribution >= 0.6 is 0 Å². The Bertz CT molecular complexity index is 1680. The standard InChI is InChI=1S/C27H39NO6S.C16H22O3/c1-20(2)18-28(35(31,32)24-14-12-23(33-6)13-15-24)19-25(29)22(16-21-10-8-7-9-11-21)17-26(30)34-27(3,4)5;1-16(2,3)19-15(17)10-13(14-11-18-14)9-12-7-5-4-6-8-12/h7-15,20,22,25,29H,16-19H2,1-6H3;4-8,13-14H,9-11H2,1-3H3/t22-,25-;13-,14?/m11/s1. The molecule has 1 fully saturated rings. The van der Waals surface area contributed by atoms with Gasteiger partial charge in [0.2, 0.25) is 10.0 Å². The van der Waals surface area contributed by atoms with Gasteiger partial charge in [-0.15, -0.1) is 0 Å². The van der Waals surface area contributed by atoms with Crippen LogP contribution in [-0.4, -0.2) is 80.0 Å². The third-order valence-corrected chi connectivity index (χ3v) is 10.3. The average molecular weight is 768 g/mol. The molecule has 10 nitrogen and oxygen atoms in total. The normalized spacial score (nSPS) is 16.1. The number of carbonyl (C=O) groups is 2. The molecular weight excluding hydrogens is 707 g/mol. The molecule has 1 unspecified atom stereocenters. The second-order valence-electron chi connectivity index (χ2n) is 16.3. The highest BCUT2D eigenvalue weighted by molar-refractivity contribution is 7.89. The molecular formula is C43H61NO9S. The number of aliphatic hydroxyl groups is 1. The van der Waals surface area contributed by atoms with E-state index in [1.165, 1.54) is 29.1 Å². The van der Waals surface area contributed by atoms with Crippen molar-refractivity contribution < 1.29 is 42.1 Å². The summed E-state index contributed by atoms with van der Waals surface area (Å²) >= 11 is 0. The van der Waals surface area contributed by atoms with Crippen molar-refractivity contribution >= 4 is 22.0 Å². The first kappa shape index (κ1) is 44.6. The number of sulfonamides is 1. The number of rotatable bonds is 17. The molecule has 0 spiro atoms. The number of aliphatic hydroxyl groups excluding tert-OH is 1. The van der Waals surface area contributed by atoms with E-state index in [1.807, 2.05) is 83.1 Å². The number of epoxide rings is 1. The van der Waals surface area contributed by atoms with E-state index < -0.39 is 39.2 Å². The summed E-state index contributed by atoms with van der Waals surface area (Å²) in [6.07, 6.45) is 0.828. The fourth-order valence-electron chi connectivity index (χ4n) is 5.97. The van der Waals surface area contributed by atoms with Crippen molar-refractivity contribution in [3.63, 3.8) is 0 Å². The first-order valence-electron chi connectivity index (χ1n) is 18.7. The molecule has 1 aliphatic rings. The Kier molecular flexibility index (Phi) is 16.7. The first-order valence-corrected chi connectivity index (χ1v) is 20.1. The molecule has 4 atom stereocenters. The third kappa shape index (κ3) is 16.3. The van der Waals surface area contributed by atoms with E-state index in [2.05, 4.69) is 12.1 Å². The van der Waals surface area contributed by atoms with Crippen molar-refractivity contribution in [2.45, 2.75) is 109 Å². The molecule has 0 aliphatic carbocycles. The monoisotopic (exact) mass is 767 g/mol. The van der Waals surface area contributed by atoms with Crippen LogP contribution in [0, 0.1) is 17.8 Å². The third-order valence-electron chi connectivity index (χ3n) is 8.46. The predicted octanol–water partition coefficient (Wildman–Crippen LogP) is 7.27. The maximum atomic E-state index is 13.5. The molecule has 3 aromatic carbocycles. The van der Waals surface area contributed by atoms with E-state index in [0.717, 1.165) is 18.6 Å². The molecule has 1 N–H and O–H groups in total. The Morgan fingerprint density at radius 1 is 0.778 bits per heavy atom. The Morgan fingerprint density at radius 3 is 1.70 bits per heavy atom. The average Bonchev–Trinajstić information content (AvgIpc) is 3.93. The van der Waals surface area contributed by atoms with Gasteiger partial charge in [0.25, 0.3) is 0 Å². The highest BCUT2D eigenvalue weighted by atomic mass is 32.2. The largest absolute Gasteiger partial charge is 0.497 e. The number of methoxy groups -OCH3 is 1. The molecule has 0 saturated carbocycles. The first-order chi connectivity index (χ1) is 25.3. The quantitative estimate of drug-likeness (QED) is 0.111. The van der Waals surface area contributed by atoms with Gasteiger partial charge in [-0.2, -0.15) is 4.31 Å². The van der Waals surface area contributed by atoms with Gasteiger partial charge in [-0.1, -0.05) is 74.5 Å². The van der Waals surface area contributed by atoms with Crippen LogP contribution in [0.25, 0.3) is 0 Å². The number of hydrogen-bond acceptors (Lipinski definition) is 9. The molecule has 1 aliphatic heterocycles. The van der Waals surface area contributed by atoms with Crippen LogP contribution < -0.4 is 4.74 Å². The summed E-state index contributed by atoms with van der Waals surface area (Å²) in [6, 6.07) is 25.9. The van der Waals surface area contributed by atoms with Gasteiger partial charge in [-0.3, -0.25) is 9.59 Å². The molecule has 1 saturated heterocycles. The lowest BCUT2D eigenvalue weighted by atomic mass is 9.90. The van der Waals surface area contributed by atoms with E-state index in [1.54, 1.807) is 32.9 Å². The Labute approximate surface area is 323 Å². The van der Waals surface area contributed by atoms with Crippen LogP contribution in [0.2, 0.25) is 0 Å². The lowest BCUT2D eigenvalue weighted by Gasteiger charge is -2.30. The van der Waals surface area contributed by atoms with Crippen LogP contribution in [-0.2, 0) is 46.7 Å². The van der Waals surface area contributed by atoms with Crippen LogP contribution in [0.1, 0.15) is 79.4 Å². The van der Waals surface area contributed by atoms with Crippen molar-refractivity contribution in [3.8, 4) is 5.75 Å². The van der Waals surface area contributed by atoms with Crippen molar-refractivity contribution in [3.05, 3.63) is 96.1 Å². The molecule has 0 bridgehead atoms. The zero-order chi connectivity index (χ0) is 40.1. The van der Waals surface area contributed by atoms with Crippen molar-refractivity contribution in [2.24, 2.45) is 17.8 Å². The van der Waals surface area contributed by atoms with Gasteiger partial charge in [0.05, 0.1) is 43.7 Å². The minimum Gasteiger partial charge on any atom is -0.497 e. The number of benzene rings is 3. The van der Waals surface area contributed by atoms with Gasteiger partial charge >= 0.3 is 11.9 Å². The van der Waals surface area contributed by atoms with Gasteiger partial charge in [-0.05, 0) is 95.7 Å². The lowest BCUT2D eigenvalue weighted by molar-refractivity contribution is -0.157. The van der Waals surface area contributed by atoms with Crippen molar-refractivity contribution in [1.29, 1.82) is 0 Å². The Balaban J connectivity index is 0.000000345. The maximum Gasteiger partial charge on any atom is 0.306 e. The number of carbonyl (C=O) groups excluding carboxylic acids is 2. The van der Waals surface area contributed by atoms with E-state index in [4.69, 9.17) is 18.9 Å². The summed E-state index contributed by atoms with van der Waals surface area (Å²) in [5.41, 5.74) is 1.12. The van der Waals surface area contributed by atoms with E-state index >= 15 is 0 Å². The van der Waals surface area contributed by atoms with E-state index in [9.17, 15) is 23.1 Å². The molecule has 54 heavy (non-hydrogen) atoms. The summed E-state index contributed by atoms with van der Waals surface area (Å²) < 4.78 is 49.6. The van der Waals surface area contributed by atoms with E-state index in [0.29, 0.717) is 18.6 Å². The molecule has 0 aromatic heterocycles. The summed E-state index contributed by atoms with van der Waals surface area (Å²) in [4.78, 5) is 24.7. The molecule has 0 amide bonds.